The fourth-order valence-corrected chi connectivity index (χ4v) is 3.08. The fraction of sp³-hybridized carbons (Fsp3) is 0.381. The Morgan fingerprint density at radius 1 is 1.21 bits per heavy atom. The Bertz CT molecular complexity index is 1010. The minimum absolute atomic E-state index is 0.275. The minimum Gasteiger partial charge on any atom is -0.383 e. The number of benzene rings is 1. The first-order chi connectivity index (χ1) is 13.1. The van der Waals surface area contributed by atoms with Crippen LogP contribution in [-0.2, 0) is 5.60 Å². The first-order valence-corrected chi connectivity index (χ1v) is 9.54. The first kappa shape index (κ1) is 20.4. The van der Waals surface area contributed by atoms with Crippen LogP contribution in [0.3, 0.4) is 0 Å². The number of hydrogen-bond acceptors (Lipinski definition) is 5. The molecule has 0 unspecified atom stereocenters. The summed E-state index contributed by atoms with van der Waals surface area (Å²) in [5, 5.41) is 14.6. The van der Waals surface area contributed by atoms with Crippen molar-refractivity contribution in [3.05, 3.63) is 46.9 Å². The van der Waals surface area contributed by atoms with Gasteiger partial charge in [0.1, 0.15) is 11.4 Å². The summed E-state index contributed by atoms with van der Waals surface area (Å²) in [7, 11) is 0. The van der Waals surface area contributed by atoms with E-state index in [4.69, 9.17) is 11.6 Å². The Kier molecular flexibility index (Phi) is 5.55. The zero-order chi connectivity index (χ0) is 20.6. The molecule has 5 nitrogen and oxygen atoms in total. The van der Waals surface area contributed by atoms with Crippen LogP contribution in [0.25, 0.3) is 22.0 Å². The second-order valence-electron chi connectivity index (χ2n) is 7.86. The fourth-order valence-electron chi connectivity index (χ4n) is 2.87. The van der Waals surface area contributed by atoms with Crippen molar-refractivity contribution in [3.8, 4) is 11.1 Å². The number of halogens is 2. The van der Waals surface area contributed by atoms with Gasteiger partial charge in [0.2, 0.25) is 0 Å². The maximum absolute atomic E-state index is 14.8. The third-order valence-corrected chi connectivity index (χ3v) is 4.84. The second-order valence-corrected chi connectivity index (χ2v) is 8.24. The van der Waals surface area contributed by atoms with Crippen LogP contribution in [0, 0.1) is 18.7 Å². The SMILES string of the molecule is Cc1nc2cc(F)c(-c3cnc(C(C)(C)O)nc3)cc2c(NCC(C)C)c1Cl. The van der Waals surface area contributed by atoms with Gasteiger partial charge in [0.05, 0.1) is 21.9 Å². The van der Waals surface area contributed by atoms with E-state index in [9.17, 15) is 9.50 Å². The highest BCUT2D eigenvalue weighted by molar-refractivity contribution is 6.35. The van der Waals surface area contributed by atoms with Gasteiger partial charge in [-0.3, -0.25) is 4.98 Å². The number of nitrogens with zero attached hydrogens (tertiary/aromatic N) is 3. The molecule has 0 atom stereocenters. The summed E-state index contributed by atoms with van der Waals surface area (Å²) in [6.45, 7) is 9.93. The summed E-state index contributed by atoms with van der Waals surface area (Å²) >= 11 is 6.49. The number of pyridine rings is 1. The molecule has 3 rings (SSSR count). The van der Waals surface area contributed by atoms with E-state index in [0.29, 0.717) is 33.3 Å². The molecule has 0 amide bonds. The molecule has 0 aliphatic carbocycles. The summed E-state index contributed by atoms with van der Waals surface area (Å²) in [6.07, 6.45) is 3.02. The van der Waals surface area contributed by atoms with Crippen molar-refractivity contribution >= 4 is 28.2 Å². The number of anilines is 1. The molecule has 0 aliphatic rings. The van der Waals surface area contributed by atoms with Crippen LogP contribution in [0.15, 0.2) is 24.5 Å². The molecule has 0 fully saturated rings. The molecule has 2 N–H and O–H groups in total. The minimum atomic E-state index is -1.16. The molecule has 0 aliphatic heterocycles. The number of nitrogens with one attached hydrogen (secondary N) is 1. The third-order valence-electron chi connectivity index (χ3n) is 4.38. The molecular weight excluding hydrogens is 379 g/mol. The Hall–Kier alpha value is -2.31. The van der Waals surface area contributed by atoms with E-state index in [0.717, 1.165) is 17.6 Å². The van der Waals surface area contributed by atoms with E-state index in [1.807, 2.05) is 0 Å². The van der Waals surface area contributed by atoms with Crippen LogP contribution in [0.1, 0.15) is 39.2 Å². The van der Waals surface area contributed by atoms with Crippen molar-refractivity contribution in [1.82, 2.24) is 15.0 Å². The largest absolute Gasteiger partial charge is 0.383 e. The number of aliphatic hydroxyl groups is 1. The molecule has 7 heteroatoms. The van der Waals surface area contributed by atoms with E-state index in [2.05, 4.69) is 34.1 Å². The predicted octanol–water partition coefficient (Wildman–Crippen LogP) is 5.09. The summed E-state index contributed by atoms with van der Waals surface area (Å²) < 4.78 is 14.8. The van der Waals surface area contributed by atoms with Gasteiger partial charge in [-0.15, -0.1) is 0 Å². The van der Waals surface area contributed by atoms with E-state index in [1.165, 1.54) is 18.5 Å². The lowest BCUT2D eigenvalue weighted by atomic mass is 10.0. The van der Waals surface area contributed by atoms with Crippen molar-refractivity contribution in [3.63, 3.8) is 0 Å². The van der Waals surface area contributed by atoms with Crippen molar-refractivity contribution in [2.24, 2.45) is 5.92 Å². The van der Waals surface area contributed by atoms with Gasteiger partial charge in [-0.25, -0.2) is 14.4 Å². The van der Waals surface area contributed by atoms with Gasteiger partial charge in [0.25, 0.3) is 0 Å². The van der Waals surface area contributed by atoms with E-state index in [1.54, 1.807) is 26.8 Å². The zero-order valence-electron chi connectivity index (χ0n) is 16.6. The van der Waals surface area contributed by atoms with Crippen molar-refractivity contribution in [2.75, 3.05) is 11.9 Å². The Labute approximate surface area is 169 Å². The lowest BCUT2D eigenvalue weighted by molar-refractivity contribution is 0.0687. The maximum atomic E-state index is 14.8. The lowest BCUT2D eigenvalue weighted by Gasteiger charge is -2.17. The zero-order valence-corrected chi connectivity index (χ0v) is 17.4. The second kappa shape index (κ2) is 7.60. The van der Waals surface area contributed by atoms with Crippen LogP contribution >= 0.6 is 11.6 Å². The van der Waals surface area contributed by atoms with Gasteiger partial charge in [-0.2, -0.15) is 0 Å². The number of fused-ring (bicyclic) bond motifs is 1. The molecule has 0 radical (unpaired) electrons. The molecule has 0 spiro atoms. The molecule has 0 saturated heterocycles. The molecule has 0 bridgehead atoms. The van der Waals surface area contributed by atoms with Crippen LogP contribution < -0.4 is 5.32 Å². The third kappa shape index (κ3) is 4.08. The Morgan fingerprint density at radius 2 is 1.86 bits per heavy atom. The lowest BCUT2D eigenvalue weighted by Crippen LogP contribution is -2.19. The van der Waals surface area contributed by atoms with Crippen LogP contribution in [0.5, 0.6) is 0 Å². The summed E-state index contributed by atoms with van der Waals surface area (Å²) in [5.41, 5.74) is 1.62. The van der Waals surface area contributed by atoms with Gasteiger partial charge in [0.15, 0.2) is 5.82 Å². The van der Waals surface area contributed by atoms with Gasteiger partial charge in [-0.1, -0.05) is 25.4 Å². The van der Waals surface area contributed by atoms with Gasteiger partial charge in [0, 0.05) is 41.5 Å². The number of hydrogen-bond donors (Lipinski definition) is 2. The highest BCUT2D eigenvalue weighted by Gasteiger charge is 2.20. The number of aromatic nitrogens is 3. The topological polar surface area (TPSA) is 70.9 Å². The normalized spacial score (nSPS) is 12.0. The number of rotatable bonds is 5. The molecular formula is C21H24ClFN4O. The van der Waals surface area contributed by atoms with Crippen LogP contribution in [-0.4, -0.2) is 26.6 Å². The first-order valence-electron chi connectivity index (χ1n) is 9.16. The van der Waals surface area contributed by atoms with Crippen molar-refractivity contribution in [2.45, 2.75) is 40.2 Å². The van der Waals surface area contributed by atoms with Crippen LogP contribution in [0.4, 0.5) is 10.1 Å². The van der Waals surface area contributed by atoms with E-state index >= 15 is 0 Å². The molecule has 3 aromatic rings. The van der Waals surface area contributed by atoms with Crippen molar-refractivity contribution < 1.29 is 9.50 Å². The smallest absolute Gasteiger partial charge is 0.159 e. The monoisotopic (exact) mass is 402 g/mol. The summed E-state index contributed by atoms with van der Waals surface area (Å²) in [5.74, 6) is 0.274. The molecule has 0 saturated carbocycles. The van der Waals surface area contributed by atoms with E-state index in [-0.39, 0.29) is 5.82 Å². The molecule has 2 aromatic heterocycles. The standard InChI is InChI=1S/C21H24ClFN4O/c1-11(2)8-24-19-15-6-14(13-9-25-20(26-10-13)21(4,5)28)16(23)7-17(15)27-12(3)18(19)22/h6-7,9-11,28H,8H2,1-5H3,(H,24,27). The average molecular weight is 403 g/mol. The van der Waals surface area contributed by atoms with Gasteiger partial charge < -0.3 is 10.4 Å². The highest BCUT2D eigenvalue weighted by atomic mass is 35.5. The maximum Gasteiger partial charge on any atom is 0.159 e. The average Bonchev–Trinajstić information content (AvgIpc) is 2.61. The Balaban J connectivity index is 2.15. The predicted molar refractivity (Wildman–Crippen MR) is 111 cm³/mol. The summed E-state index contributed by atoms with van der Waals surface area (Å²) in [4.78, 5) is 12.8. The molecule has 1 aromatic carbocycles. The highest BCUT2D eigenvalue weighted by Crippen LogP contribution is 2.36. The van der Waals surface area contributed by atoms with Crippen molar-refractivity contribution in [1.29, 1.82) is 0 Å². The van der Waals surface area contributed by atoms with E-state index < -0.39 is 11.4 Å². The molecule has 148 valence electrons. The van der Waals surface area contributed by atoms with Gasteiger partial charge >= 0.3 is 0 Å². The Morgan fingerprint density at radius 3 is 2.43 bits per heavy atom. The van der Waals surface area contributed by atoms with Gasteiger partial charge in [-0.05, 0) is 32.8 Å². The quantitative estimate of drug-likeness (QED) is 0.622. The van der Waals surface area contributed by atoms with Crippen LogP contribution in [0.2, 0.25) is 5.02 Å². The number of aryl methyl sites for hydroxylation is 1. The molecule has 2 heterocycles. The summed E-state index contributed by atoms with van der Waals surface area (Å²) in [6, 6.07) is 3.12. The molecule has 28 heavy (non-hydrogen) atoms.